The summed E-state index contributed by atoms with van der Waals surface area (Å²) in [6.45, 7) is 1.99. The first kappa shape index (κ1) is 15.6. The van der Waals surface area contributed by atoms with Crippen molar-refractivity contribution in [2.75, 3.05) is 17.2 Å². The molecule has 0 aliphatic heterocycles. The molecule has 2 rings (SSSR count). The summed E-state index contributed by atoms with van der Waals surface area (Å²) in [6, 6.07) is 1.74. The third-order valence-corrected chi connectivity index (χ3v) is 3.57. The Kier molecular flexibility index (Phi) is 7.08. The van der Waals surface area contributed by atoms with Gasteiger partial charge >= 0.3 is 0 Å². The second-order valence-electron chi connectivity index (χ2n) is 5.19. The number of aryl methyl sites for hydroxylation is 1. The van der Waals surface area contributed by atoms with Crippen molar-refractivity contribution in [2.24, 2.45) is 0 Å². The molecular formula is C15H28N4. The minimum absolute atomic E-state index is 0.321. The third kappa shape index (κ3) is 5.81. The number of nitrogens with two attached hydrogens (primary N) is 3. The second-order valence-corrected chi connectivity index (χ2v) is 5.19. The van der Waals surface area contributed by atoms with Gasteiger partial charge in [-0.2, -0.15) is 0 Å². The van der Waals surface area contributed by atoms with Crippen LogP contribution in [0.25, 0.3) is 0 Å². The van der Waals surface area contributed by atoms with Crippen molar-refractivity contribution in [3.8, 4) is 0 Å². The van der Waals surface area contributed by atoms with Crippen LogP contribution in [0, 0.1) is 0 Å². The summed E-state index contributed by atoms with van der Waals surface area (Å²) < 4.78 is 0. The molecule has 0 bridgehead atoms. The number of anilines is 3. The van der Waals surface area contributed by atoms with Crippen LogP contribution in [-0.4, -0.2) is 4.98 Å². The monoisotopic (exact) mass is 264 g/mol. The first-order valence-corrected chi connectivity index (χ1v) is 7.45. The molecule has 1 aliphatic carbocycles. The molecule has 1 fully saturated rings. The summed E-state index contributed by atoms with van der Waals surface area (Å²) in [4.78, 5) is 3.81. The summed E-state index contributed by atoms with van der Waals surface area (Å²) >= 11 is 0. The highest BCUT2D eigenvalue weighted by Gasteiger charge is 2.02. The highest BCUT2D eigenvalue weighted by atomic mass is 14.9. The van der Waals surface area contributed by atoms with Gasteiger partial charge in [0.2, 0.25) is 0 Å². The molecule has 4 nitrogen and oxygen atoms in total. The fourth-order valence-electron chi connectivity index (χ4n) is 2.36. The minimum Gasteiger partial charge on any atom is -0.396 e. The topological polar surface area (TPSA) is 90.9 Å². The summed E-state index contributed by atoms with van der Waals surface area (Å²) in [5.41, 5.74) is 18.1. The van der Waals surface area contributed by atoms with E-state index in [0.717, 1.165) is 12.0 Å². The van der Waals surface area contributed by atoms with Gasteiger partial charge < -0.3 is 17.2 Å². The molecule has 0 aromatic carbocycles. The van der Waals surface area contributed by atoms with Crippen molar-refractivity contribution in [1.29, 1.82) is 0 Å². The first-order chi connectivity index (χ1) is 9.15. The molecular weight excluding hydrogens is 236 g/mol. The zero-order valence-corrected chi connectivity index (χ0v) is 12.1. The van der Waals surface area contributed by atoms with E-state index in [1.54, 1.807) is 6.07 Å². The molecule has 0 amide bonds. The molecule has 108 valence electrons. The van der Waals surface area contributed by atoms with Crippen molar-refractivity contribution in [3.05, 3.63) is 11.6 Å². The van der Waals surface area contributed by atoms with Gasteiger partial charge in [-0.05, 0) is 18.1 Å². The van der Waals surface area contributed by atoms with E-state index in [1.807, 2.05) is 6.92 Å². The number of hydrogen-bond acceptors (Lipinski definition) is 4. The predicted molar refractivity (Wildman–Crippen MR) is 83.8 cm³/mol. The van der Waals surface area contributed by atoms with Crippen LogP contribution in [0.15, 0.2) is 6.07 Å². The van der Waals surface area contributed by atoms with Gasteiger partial charge in [0.15, 0.2) is 0 Å². The Balaban J connectivity index is 0.000000200. The number of aromatic nitrogens is 1. The summed E-state index contributed by atoms with van der Waals surface area (Å²) in [5.74, 6) is 0.746. The number of rotatable bonds is 1. The minimum atomic E-state index is 0.321. The number of nitrogen functional groups attached to an aromatic ring is 3. The second kappa shape index (κ2) is 8.62. The Morgan fingerprint density at radius 2 is 1.32 bits per heavy atom. The lowest BCUT2D eigenvalue weighted by Crippen LogP contribution is -2.04. The van der Waals surface area contributed by atoms with Crippen LogP contribution in [0.2, 0.25) is 0 Å². The van der Waals surface area contributed by atoms with Crippen molar-refractivity contribution >= 4 is 17.3 Å². The van der Waals surface area contributed by atoms with Gasteiger partial charge in [-0.15, -0.1) is 0 Å². The Bertz CT molecular complexity index is 353. The van der Waals surface area contributed by atoms with Gasteiger partial charge in [0.1, 0.15) is 11.6 Å². The standard InChI is InChI=1S/C8H16.C7H12N4/c1-2-4-6-8-7-5-3-1;1-2-4-3-5(8)11-7(10)6(4)9/h1-8H2;3H,2,9H2,1H3,(H4,8,10,11). The zero-order chi connectivity index (χ0) is 14.1. The maximum absolute atomic E-state index is 5.62. The molecule has 1 aliphatic rings. The Labute approximate surface area is 116 Å². The van der Waals surface area contributed by atoms with Gasteiger partial charge in [0, 0.05) is 0 Å². The number of pyridine rings is 1. The molecule has 1 heterocycles. The zero-order valence-electron chi connectivity index (χ0n) is 12.1. The lowest BCUT2D eigenvalue weighted by atomic mass is 10.0. The molecule has 4 heteroatoms. The highest BCUT2D eigenvalue weighted by Crippen LogP contribution is 2.20. The van der Waals surface area contributed by atoms with Crippen molar-refractivity contribution in [2.45, 2.75) is 64.7 Å². The fraction of sp³-hybridized carbons (Fsp3) is 0.667. The van der Waals surface area contributed by atoms with E-state index in [-0.39, 0.29) is 0 Å². The van der Waals surface area contributed by atoms with Crippen LogP contribution in [0.5, 0.6) is 0 Å². The van der Waals surface area contributed by atoms with Crippen molar-refractivity contribution < 1.29 is 0 Å². The summed E-state index contributed by atoms with van der Waals surface area (Å²) in [7, 11) is 0. The molecule has 0 spiro atoms. The Morgan fingerprint density at radius 3 is 1.68 bits per heavy atom. The Hall–Kier alpha value is -1.45. The molecule has 0 atom stereocenters. The van der Waals surface area contributed by atoms with Crippen molar-refractivity contribution in [1.82, 2.24) is 4.98 Å². The molecule has 6 N–H and O–H groups in total. The lowest BCUT2D eigenvalue weighted by molar-refractivity contribution is 0.504. The summed E-state index contributed by atoms with van der Waals surface area (Å²) in [5, 5.41) is 0. The predicted octanol–water partition coefficient (Wildman–Crippen LogP) is 3.51. The van der Waals surface area contributed by atoms with E-state index < -0.39 is 0 Å². The molecule has 0 saturated heterocycles. The van der Waals surface area contributed by atoms with Gasteiger partial charge in [-0.1, -0.05) is 58.3 Å². The molecule has 1 saturated carbocycles. The van der Waals surface area contributed by atoms with Crippen LogP contribution in [0.1, 0.15) is 63.9 Å². The van der Waals surface area contributed by atoms with E-state index in [1.165, 1.54) is 51.4 Å². The number of nitrogens with zero attached hydrogens (tertiary/aromatic N) is 1. The summed E-state index contributed by atoms with van der Waals surface area (Å²) in [6.07, 6.45) is 12.8. The van der Waals surface area contributed by atoms with Gasteiger partial charge in [-0.3, -0.25) is 0 Å². The van der Waals surface area contributed by atoms with Crippen LogP contribution in [0.3, 0.4) is 0 Å². The maximum Gasteiger partial charge on any atom is 0.149 e. The average molecular weight is 264 g/mol. The van der Waals surface area contributed by atoms with E-state index in [2.05, 4.69) is 4.98 Å². The van der Waals surface area contributed by atoms with E-state index in [9.17, 15) is 0 Å². The van der Waals surface area contributed by atoms with Gasteiger partial charge in [-0.25, -0.2) is 4.98 Å². The van der Waals surface area contributed by atoms with E-state index >= 15 is 0 Å². The molecule has 1 aromatic heterocycles. The Morgan fingerprint density at radius 1 is 0.895 bits per heavy atom. The van der Waals surface area contributed by atoms with E-state index in [4.69, 9.17) is 17.2 Å². The van der Waals surface area contributed by atoms with Crippen LogP contribution in [0.4, 0.5) is 17.3 Å². The van der Waals surface area contributed by atoms with Crippen molar-refractivity contribution in [3.63, 3.8) is 0 Å². The average Bonchev–Trinajstić information content (AvgIpc) is 2.33. The fourth-order valence-corrected chi connectivity index (χ4v) is 2.36. The van der Waals surface area contributed by atoms with Crippen LogP contribution >= 0.6 is 0 Å². The largest absolute Gasteiger partial charge is 0.396 e. The van der Waals surface area contributed by atoms with Gasteiger partial charge in [0.25, 0.3) is 0 Å². The van der Waals surface area contributed by atoms with E-state index in [0.29, 0.717) is 17.3 Å². The van der Waals surface area contributed by atoms with Crippen LogP contribution < -0.4 is 17.2 Å². The smallest absolute Gasteiger partial charge is 0.149 e. The van der Waals surface area contributed by atoms with Gasteiger partial charge in [0.05, 0.1) is 5.69 Å². The quantitative estimate of drug-likeness (QED) is 0.724. The molecule has 0 unspecified atom stereocenters. The first-order valence-electron chi connectivity index (χ1n) is 7.45. The molecule has 19 heavy (non-hydrogen) atoms. The third-order valence-electron chi connectivity index (χ3n) is 3.57. The molecule has 1 aromatic rings. The normalized spacial score (nSPS) is 15.8. The SMILES string of the molecule is C1CCCCCCC1.CCc1cc(N)nc(N)c1N. The lowest BCUT2D eigenvalue weighted by Gasteiger charge is -2.05. The highest BCUT2D eigenvalue weighted by molar-refractivity contribution is 5.66. The molecule has 0 radical (unpaired) electrons. The maximum atomic E-state index is 5.62. The van der Waals surface area contributed by atoms with Crippen LogP contribution in [-0.2, 0) is 6.42 Å². The number of hydrogen-bond donors (Lipinski definition) is 3.